The van der Waals surface area contributed by atoms with Crippen molar-refractivity contribution in [2.45, 2.75) is 32.9 Å². The van der Waals surface area contributed by atoms with E-state index in [9.17, 15) is 0 Å². The first-order valence-electron chi connectivity index (χ1n) is 6.63. The molecule has 0 aliphatic carbocycles. The Morgan fingerprint density at radius 2 is 2.41 bits per heavy atom. The summed E-state index contributed by atoms with van der Waals surface area (Å²) >= 11 is 1.81. The topological polar surface area (TPSA) is 28.2 Å². The molecule has 3 nitrogen and oxygen atoms in total. The van der Waals surface area contributed by atoms with Gasteiger partial charge in [0, 0.05) is 23.7 Å². The van der Waals surface area contributed by atoms with E-state index >= 15 is 0 Å². The number of hydrogen-bond acceptors (Lipinski definition) is 4. The van der Waals surface area contributed by atoms with E-state index < -0.39 is 0 Å². The average molecular weight is 251 g/mol. The fourth-order valence-corrected chi connectivity index (χ4v) is 4.30. The summed E-state index contributed by atoms with van der Waals surface area (Å²) in [5.74, 6) is 1.75. The van der Waals surface area contributed by atoms with Gasteiger partial charge in [0.1, 0.15) is 5.01 Å². The van der Waals surface area contributed by atoms with E-state index in [2.05, 4.69) is 34.4 Å². The van der Waals surface area contributed by atoms with Gasteiger partial charge in [-0.15, -0.1) is 11.3 Å². The molecule has 3 unspecified atom stereocenters. The maximum absolute atomic E-state index is 4.60. The van der Waals surface area contributed by atoms with Crippen LogP contribution in [0.4, 0.5) is 0 Å². The Morgan fingerprint density at radius 3 is 3.12 bits per heavy atom. The lowest BCUT2D eigenvalue weighted by Crippen LogP contribution is -2.34. The molecule has 1 aromatic heterocycles. The van der Waals surface area contributed by atoms with Crippen molar-refractivity contribution >= 4 is 11.3 Å². The van der Waals surface area contributed by atoms with Gasteiger partial charge in [-0.2, -0.15) is 0 Å². The molecule has 3 atom stereocenters. The quantitative estimate of drug-likeness (QED) is 0.889. The average Bonchev–Trinajstić information content (AvgIpc) is 2.95. The highest BCUT2D eigenvalue weighted by atomic mass is 32.1. The Bertz CT molecular complexity index is 390. The summed E-state index contributed by atoms with van der Waals surface area (Å²) in [6, 6.07) is 0.763. The minimum atomic E-state index is 0.763. The number of aromatic nitrogens is 1. The third-order valence-electron chi connectivity index (χ3n) is 4.25. The predicted octanol–water partition coefficient (Wildman–Crippen LogP) is 1.88. The van der Waals surface area contributed by atoms with Crippen molar-refractivity contribution in [2.75, 3.05) is 19.6 Å². The largest absolute Gasteiger partial charge is 0.316 e. The molecule has 1 N–H and O–H groups in total. The van der Waals surface area contributed by atoms with Gasteiger partial charge in [0.25, 0.3) is 0 Å². The number of fused-ring (bicyclic) bond motifs is 1. The summed E-state index contributed by atoms with van der Waals surface area (Å²) in [6.07, 6.45) is 1.27. The van der Waals surface area contributed by atoms with Gasteiger partial charge >= 0.3 is 0 Å². The van der Waals surface area contributed by atoms with E-state index in [1.807, 2.05) is 11.3 Å². The Kier molecular flexibility index (Phi) is 3.19. The molecule has 2 saturated heterocycles. The first kappa shape index (κ1) is 11.6. The van der Waals surface area contributed by atoms with Crippen molar-refractivity contribution in [3.8, 4) is 0 Å². The molecule has 2 aliphatic rings. The normalized spacial score (nSPS) is 33.2. The molecule has 3 rings (SSSR count). The second kappa shape index (κ2) is 4.67. The molecule has 0 saturated carbocycles. The number of hydrogen-bond donors (Lipinski definition) is 1. The first-order chi connectivity index (χ1) is 8.28. The lowest BCUT2D eigenvalue weighted by atomic mass is 9.93. The smallest absolute Gasteiger partial charge is 0.107 e. The maximum Gasteiger partial charge on any atom is 0.107 e. The second-order valence-electron chi connectivity index (χ2n) is 5.37. The van der Waals surface area contributed by atoms with E-state index in [1.165, 1.54) is 36.8 Å². The van der Waals surface area contributed by atoms with Crippen LogP contribution in [-0.2, 0) is 6.54 Å². The third-order valence-corrected chi connectivity index (χ3v) is 5.20. The van der Waals surface area contributed by atoms with Crippen LogP contribution in [0.2, 0.25) is 0 Å². The lowest BCUT2D eigenvalue weighted by molar-refractivity contribution is 0.210. The predicted molar refractivity (Wildman–Crippen MR) is 71.2 cm³/mol. The van der Waals surface area contributed by atoms with E-state index in [4.69, 9.17) is 0 Å². The maximum atomic E-state index is 4.60. The van der Waals surface area contributed by atoms with E-state index in [0.717, 1.165) is 24.4 Å². The molecule has 1 aromatic rings. The highest BCUT2D eigenvalue weighted by Crippen LogP contribution is 2.35. The minimum absolute atomic E-state index is 0.763. The van der Waals surface area contributed by atoms with Gasteiger partial charge < -0.3 is 5.32 Å². The van der Waals surface area contributed by atoms with Crippen LogP contribution in [0, 0.1) is 18.8 Å². The molecule has 3 heterocycles. The van der Waals surface area contributed by atoms with Crippen LogP contribution < -0.4 is 5.32 Å². The third kappa shape index (κ3) is 2.14. The highest BCUT2D eigenvalue weighted by Gasteiger charge is 2.43. The summed E-state index contributed by atoms with van der Waals surface area (Å²) in [5, 5.41) is 6.98. The zero-order valence-electron chi connectivity index (χ0n) is 10.6. The van der Waals surface area contributed by atoms with Crippen LogP contribution in [0.15, 0.2) is 5.38 Å². The van der Waals surface area contributed by atoms with Gasteiger partial charge in [-0.3, -0.25) is 4.90 Å². The summed E-state index contributed by atoms with van der Waals surface area (Å²) < 4.78 is 0. The first-order valence-corrected chi connectivity index (χ1v) is 7.51. The van der Waals surface area contributed by atoms with Gasteiger partial charge in [-0.05, 0) is 38.3 Å². The molecule has 0 aromatic carbocycles. The van der Waals surface area contributed by atoms with Crippen LogP contribution in [0.3, 0.4) is 0 Å². The van der Waals surface area contributed by atoms with Crippen molar-refractivity contribution in [2.24, 2.45) is 11.8 Å². The monoisotopic (exact) mass is 251 g/mol. The van der Waals surface area contributed by atoms with Crippen molar-refractivity contribution in [1.82, 2.24) is 15.2 Å². The number of nitrogens with zero attached hydrogens (tertiary/aromatic N) is 2. The summed E-state index contributed by atoms with van der Waals surface area (Å²) in [4.78, 5) is 7.26. The van der Waals surface area contributed by atoms with E-state index in [-0.39, 0.29) is 0 Å². The van der Waals surface area contributed by atoms with Crippen LogP contribution in [-0.4, -0.2) is 35.6 Å². The van der Waals surface area contributed by atoms with Crippen molar-refractivity contribution in [3.63, 3.8) is 0 Å². The molecule has 17 heavy (non-hydrogen) atoms. The Balaban J connectivity index is 1.71. The van der Waals surface area contributed by atoms with E-state index in [0.29, 0.717) is 0 Å². The molecule has 94 valence electrons. The van der Waals surface area contributed by atoms with Crippen molar-refractivity contribution in [3.05, 3.63) is 16.1 Å². The molecule has 2 aliphatic heterocycles. The highest BCUT2D eigenvalue weighted by molar-refractivity contribution is 7.09. The van der Waals surface area contributed by atoms with Crippen LogP contribution in [0.25, 0.3) is 0 Å². The van der Waals surface area contributed by atoms with Crippen LogP contribution in [0.5, 0.6) is 0 Å². The zero-order valence-corrected chi connectivity index (χ0v) is 11.5. The Morgan fingerprint density at radius 1 is 1.53 bits per heavy atom. The summed E-state index contributed by atoms with van der Waals surface area (Å²) in [7, 11) is 0. The molecule has 0 radical (unpaired) electrons. The molecule has 0 spiro atoms. The van der Waals surface area contributed by atoms with Gasteiger partial charge in [0.15, 0.2) is 0 Å². The van der Waals surface area contributed by atoms with E-state index in [1.54, 1.807) is 0 Å². The summed E-state index contributed by atoms with van der Waals surface area (Å²) in [5.41, 5.74) is 1.17. The number of likely N-dealkylation sites (tertiary alicyclic amines) is 1. The molecular weight excluding hydrogens is 230 g/mol. The van der Waals surface area contributed by atoms with Crippen LogP contribution >= 0.6 is 11.3 Å². The van der Waals surface area contributed by atoms with Gasteiger partial charge in [0.2, 0.25) is 0 Å². The molecule has 4 heteroatoms. The zero-order chi connectivity index (χ0) is 11.8. The van der Waals surface area contributed by atoms with Gasteiger partial charge in [0.05, 0.1) is 6.54 Å². The Labute approximate surface area is 107 Å². The second-order valence-corrected chi connectivity index (χ2v) is 6.31. The molecule has 0 amide bonds. The van der Waals surface area contributed by atoms with Gasteiger partial charge in [-0.1, -0.05) is 6.92 Å². The molecule has 2 fully saturated rings. The molecular formula is C13H21N3S. The molecule has 0 bridgehead atoms. The standard InChI is InChI=1S/C13H21N3S/c1-3-12-11-5-14-4-10(11)6-16(12)7-13-15-9(2)8-17-13/h8,10-12,14H,3-7H2,1-2H3. The van der Waals surface area contributed by atoms with Crippen molar-refractivity contribution in [1.29, 1.82) is 0 Å². The Hall–Kier alpha value is -0.450. The SMILES string of the molecule is CCC1C2CNCC2CN1Cc1nc(C)cs1. The summed E-state index contributed by atoms with van der Waals surface area (Å²) in [6.45, 7) is 9.16. The number of thiazole rings is 1. The lowest BCUT2D eigenvalue weighted by Gasteiger charge is -2.25. The fraction of sp³-hybridized carbons (Fsp3) is 0.769. The minimum Gasteiger partial charge on any atom is -0.316 e. The number of aryl methyl sites for hydroxylation is 1. The number of rotatable bonds is 3. The fourth-order valence-electron chi connectivity index (χ4n) is 3.50. The van der Waals surface area contributed by atoms with Crippen LogP contribution in [0.1, 0.15) is 24.0 Å². The number of nitrogens with one attached hydrogen (secondary N) is 1. The van der Waals surface area contributed by atoms with Gasteiger partial charge in [-0.25, -0.2) is 4.98 Å². The van der Waals surface area contributed by atoms with Crippen molar-refractivity contribution < 1.29 is 0 Å².